The molecule has 0 bridgehead atoms. The van der Waals surface area contributed by atoms with Gasteiger partial charge in [-0.1, -0.05) is 26.0 Å². The molecule has 0 spiro atoms. The third kappa shape index (κ3) is 2.82. The van der Waals surface area contributed by atoms with Crippen molar-refractivity contribution < 1.29 is 22.7 Å². The van der Waals surface area contributed by atoms with Gasteiger partial charge in [-0.05, 0) is 25.3 Å². The number of carbonyl (C=O) groups is 1. The second kappa shape index (κ2) is 6.58. The summed E-state index contributed by atoms with van der Waals surface area (Å²) in [6.07, 6.45) is 2.17. The fourth-order valence-electron chi connectivity index (χ4n) is 3.88. The van der Waals surface area contributed by atoms with Crippen molar-refractivity contribution in [3.8, 4) is 17.2 Å². The number of hydrogen-bond donors (Lipinski definition) is 0. The Morgan fingerprint density at radius 3 is 2.71 bits per heavy atom. The van der Waals surface area contributed by atoms with Crippen LogP contribution < -0.4 is 10.2 Å². The van der Waals surface area contributed by atoms with Crippen LogP contribution in [0.3, 0.4) is 0 Å². The van der Waals surface area contributed by atoms with Crippen LogP contribution in [0.2, 0.25) is 0 Å². The third-order valence-electron chi connectivity index (χ3n) is 5.23. The van der Waals surface area contributed by atoms with Crippen LogP contribution in [0.1, 0.15) is 42.7 Å². The molecule has 0 radical (unpaired) electrons. The van der Waals surface area contributed by atoms with Crippen molar-refractivity contribution in [1.82, 2.24) is 4.57 Å². The van der Waals surface area contributed by atoms with Gasteiger partial charge in [-0.3, -0.25) is 9.59 Å². The molecule has 3 aromatic rings. The molecule has 7 heteroatoms. The number of ketones is 1. The summed E-state index contributed by atoms with van der Waals surface area (Å²) < 4.78 is 38.0. The summed E-state index contributed by atoms with van der Waals surface area (Å²) in [5, 5.41) is 0.688. The predicted molar refractivity (Wildman–Crippen MR) is 100 cm³/mol. The van der Waals surface area contributed by atoms with E-state index in [-0.39, 0.29) is 34.6 Å². The monoisotopic (exact) mass is 387 g/mol. The van der Waals surface area contributed by atoms with E-state index in [9.17, 15) is 18.4 Å². The molecule has 0 aliphatic carbocycles. The topological polar surface area (TPSA) is 61.4 Å². The molecule has 1 atom stereocenters. The van der Waals surface area contributed by atoms with Crippen LogP contribution in [-0.2, 0) is 6.42 Å². The Hall–Kier alpha value is -2.96. The Labute approximate surface area is 159 Å². The number of aromatic nitrogens is 1. The Kier molecular flexibility index (Phi) is 4.33. The number of nitrogens with zero attached hydrogens (tertiary/aromatic N) is 1. The number of ether oxygens (including phenoxy) is 1. The molecule has 0 unspecified atom stereocenters. The van der Waals surface area contributed by atoms with Gasteiger partial charge in [-0.15, -0.1) is 0 Å². The highest BCUT2D eigenvalue weighted by molar-refractivity contribution is 5.95. The summed E-state index contributed by atoms with van der Waals surface area (Å²) in [7, 11) is 0. The Morgan fingerprint density at radius 1 is 1.32 bits per heavy atom. The Balaban J connectivity index is 2.01. The fourth-order valence-corrected chi connectivity index (χ4v) is 3.88. The minimum atomic E-state index is -2.97. The zero-order valence-corrected chi connectivity index (χ0v) is 15.7. The highest BCUT2D eigenvalue weighted by Crippen LogP contribution is 2.44. The van der Waals surface area contributed by atoms with Crippen molar-refractivity contribution in [2.75, 3.05) is 0 Å². The number of alkyl halides is 2. The molecule has 2 aromatic heterocycles. The molecular formula is C21H19F2NO4. The lowest BCUT2D eigenvalue weighted by Gasteiger charge is -2.31. The van der Waals surface area contributed by atoms with Crippen molar-refractivity contribution in [3.63, 3.8) is 0 Å². The maximum atomic E-state index is 12.8. The molecule has 4 rings (SSSR count). The number of furan rings is 1. The van der Waals surface area contributed by atoms with Crippen molar-refractivity contribution in [3.05, 3.63) is 51.8 Å². The van der Waals surface area contributed by atoms with Crippen molar-refractivity contribution in [1.29, 1.82) is 0 Å². The maximum Gasteiger partial charge on any atom is 0.387 e. The Bertz CT molecular complexity index is 1140. The summed E-state index contributed by atoms with van der Waals surface area (Å²) in [5.74, 6) is 0.312. The van der Waals surface area contributed by atoms with E-state index >= 15 is 0 Å². The van der Waals surface area contributed by atoms with Gasteiger partial charge >= 0.3 is 6.61 Å². The van der Waals surface area contributed by atoms with Gasteiger partial charge in [-0.2, -0.15) is 8.78 Å². The number of Topliss-reactive ketones (excluding diaryl/α,β-unsaturated/α-hetero) is 1. The molecule has 1 aliphatic heterocycles. The van der Waals surface area contributed by atoms with E-state index < -0.39 is 12.0 Å². The highest BCUT2D eigenvalue weighted by Gasteiger charge is 2.32. The largest absolute Gasteiger partial charge is 0.450 e. The average molecular weight is 387 g/mol. The van der Waals surface area contributed by atoms with E-state index in [1.807, 2.05) is 4.57 Å². The summed E-state index contributed by atoms with van der Waals surface area (Å²) in [6.45, 7) is 2.50. The van der Waals surface area contributed by atoms with E-state index in [1.54, 1.807) is 18.3 Å². The smallest absolute Gasteiger partial charge is 0.387 e. The van der Waals surface area contributed by atoms with Crippen LogP contribution in [0.5, 0.6) is 5.75 Å². The molecule has 1 aromatic carbocycles. The first-order valence-electron chi connectivity index (χ1n) is 9.04. The predicted octanol–water partition coefficient (Wildman–Crippen LogP) is 4.82. The first-order chi connectivity index (χ1) is 13.3. The fraction of sp³-hybridized carbons (Fsp3) is 0.333. The quantitative estimate of drug-likeness (QED) is 0.602. The van der Waals surface area contributed by atoms with Gasteiger partial charge in [0, 0.05) is 29.3 Å². The maximum absolute atomic E-state index is 12.8. The number of rotatable bonds is 4. The van der Waals surface area contributed by atoms with E-state index in [0.29, 0.717) is 23.3 Å². The number of halogens is 2. The van der Waals surface area contributed by atoms with Gasteiger partial charge in [0.15, 0.2) is 28.3 Å². The van der Waals surface area contributed by atoms with Gasteiger partial charge in [-0.25, -0.2) is 0 Å². The second-order valence-corrected chi connectivity index (χ2v) is 7.34. The molecule has 5 nitrogen and oxygen atoms in total. The third-order valence-corrected chi connectivity index (χ3v) is 5.23. The molecular weight excluding hydrogens is 368 g/mol. The molecule has 0 fully saturated rings. The van der Waals surface area contributed by atoms with Gasteiger partial charge in [0.25, 0.3) is 0 Å². The first-order valence-corrected chi connectivity index (χ1v) is 9.04. The highest BCUT2D eigenvalue weighted by atomic mass is 19.3. The average Bonchev–Trinajstić information content (AvgIpc) is 2.99. The summed E-state index contributed by atoms with van der Waals surface area (Å²) in [4.78, 5) is 24.3. The van der Waals surface area contributed by atoms with E-state index in [4.69, 9.17) is 4.42 Å². The number of hydrogen-bond acceptors (Lipinski definition) is 4. The minimum Gasteiger partial charge on any atom is -0.450 e. The lowest BCUT2D eigenvalue weighted by molar-refractivity contribution is -0.0493. The molecule has 28 heavy (non-hydrogen) atoms. The van der Waals surface area contributed by atoms with E-state index in [1.165, 1.54) is 19.1 Å². The van der Waals surface area contributed by atoms with Crippen LogP contribution in [0.25, 0.3) is 22.4 Å². The lowest BCUT2D eigenvalue weighted by atomic mass is 9.89. The number of para-hydroxylation sites is 1. The van der Waals surface area contributed by atoms with Gasteiger partial charge in [0.05, 0.1) is 11.3 Å². The van der Waals surface area contributed by atoms with Crippen LogP contribution >= 0.6 is 0 Å². The number of fused-ring (bicyclic) bond motifs is 5. The van der Waals surface area contributed by atoms with Crippen LogP contribution in [0, 0.1) is 5.92 Å². The van der Waals surface area contributed by atoms with Gasteiger partial charge < -0.3 is 13.7 Å². The molecule has 0 saturated heterocycles. The van der Waals surface area contributed by atoms with E-state index in [2.05, 4.69) is 18.6 Å². The molecule has 0 amide bonds. The second-order valence-electron chi connectivity index (χ2n) is 7.34. The first kappa shape index (κ1) is 18.4. The van der Waals surface area contributed by atoms with E-state index in [0.717, 1.165) is 5.56 Å². The van der Waals surface area contributed by atoms with Gasteiger partial charge in [0.1, 0.15) is 0 Å². The molecule has 0 saturated carbocycles. The van der Waals surface area contributed by atoms with Crippen LogP contribution in [0.15, 0.2) is 39.7 Å². The van der Waals surface area contributed by atoms with Crippen molar-refractivity contribution >= 4 is 16.8 Å². The summed E-state index contributed by atoms with van der Waals surface area (Å²) >= 11 is 0. The van der Waals surface area contributed by atoms with Crippen molar-refractivity contribution in [2.24, 2.45) is 5.92 Å². The standard InChI is InChI=1S/C21H19F2NO4/c1-10(2)15-7-13-12-5-4-6-18(27-21(22)23)20(12)28-19(13)16-8-17(26)14(11(3)25)9-24(15)16/h4-6,8-10,15,21H,7H2,1-3H3/t15-/m0/s1. The molecule has 3 heterocycles. The number of benzene rings is 1. The number of carbonyl (C=O) groups excluding carboxylic acids is 1. The number of pyridine rings is 1. The van der Waals surface area contributed by atoms with Crippen LogP contribution in [0.4, 0.5) is 8.78 Å². The zero-order valence-electron chi connectivity index (χ0n) is 15.7. The van der Waals surface area contributed by atoms with Crippen LogP contribution in [-0.4, -0.2) is 17.0 Å². The summed E-state index contributed by atoms with van der Waals surface area (Å²) in [6, 6.07) is 6.24. The minimum absolute atomic E-state index is 0.0123. The van der Waals surface area contributed by atoms with Crippen molar-refractivity contribution in [2.45, 2.75) is 39.8 Å². The molecule has 146 valence electrons. The zero-order chi connectivity index (χ0) is 20.2. The molecule has 1 aliphatic rings. The molecule has 0 N–H and O–H groups in total. The van der Waals surface area contributed by atoms with Gasteiger partial charge in [0.2, 0.25) is 0 Å². The Morgan fingerprint density at radius 2 is 2.07 bits per heavy atom. The SMILES string of the molecule is CC(=O)c1cn2c(cc1=O)-c1oc3c(OC(F)F)cccc3c1C[C@H]2C(C)C. The summed E-state index contributed by atoms with van der Waals surface area (Å²) in [5.41, 5.74) is 1.35. The lowest BCUT2D eigenvalue weighted by Crippen LogP contribution is -2.27. The normalized spacial score (nSPS) is 15.8.